The van der Waals surface area contributed by atoms with E-state index in [1.54, 1.807) is 19.4 Å². The first-order valence-corrected chi connectivity index (χ1v) is 9.90. The molecule has 0 radical (unpaired) electrons. The molecule has 0 saturated heterocycles. The second-order valence-corrected chi connectivity index (χ2v) is 7.34. The fraction of sp³-hybridized carbons (Fsp3) is 0.100. The Morgan fingerprint density at radius 2 is 1.80 bits per heavy atom. The van der Waals surface area contributed by atoms with Gasteiger partial charge in [0, 0.05) is 0 Å². The second kappa shape index (κ2) is 8.47. The van der Waals surface area contributed by atoms with Gasteiger partial charge in [-0.25, -0.2) is 0 Å². The predicted molar refractivity (Wildman–Crippen MR) is 101 cm³/mol. The minimum atomic E-state index is -0.136. The molecule has 2 aromatic carbocycles. The summed E-state index contributed by atoms with van der Waals surface area (Å²) in [6.07, 6.45) is 1.74. The van der Waals surface area contributed by atoms with Crippen molar-refractivity contribution in [3.05, 3.63) is 84.1 Å². The number of ether oxygens (including phenoxy) is 1. The number of methoxy groups -OCH3 is 1. The van der Waals surface area contributed by atoms with Crippen molar-refractivity contribution in [3.63, 3.8) is 0 Å². The third kappa shape index (κ3) is 4.69. The molecular weight excluding hydrogens is 379 g/mol. The number of benzene rings is 2. The Bertz CT molecular complexity index is 836. The molecule has 0 fully saturated rings. The van der Waals surface area contributed by atoms with Gasteiger partial charge in [0.1, 0.15) is 0 Å². The SMILES string of the molecule is COc1ccc(NC(=O)c2cccnc2[Se]Cc2ccccc2)cc1. The second-order valence-electron chi connectivity index (χ2n) is 5.31. The molecule has 0 aliphatic rings. The number of anilines is 1. The molecule has 4 nitrogen and oxygen atoms in total. The molecule has 1 amide bonds. The summed E-state index contributed by atoms with van der Waals surface area (Å²) in [5.74, 6) is 0.620. The first-order valence-electron chi connectivity index (χ1n) is 7.83. The number of amides is 1. The Morgan fingerprint density at radius 1 is 1.04 bits per heavy atom. The molecule has 0 aliphatic carbocycles. The van der Waals surface area contributed by atoms with E-state index in [-0.39, 0.29) is 20.9 Å². The van der Waals surface area contributed by atoms with Crippen LogP contribution in [0.2, 0.25) is 0 Å². The van der Waals surface area contributed by atoms with E-state index in [2.05, 4.69) is 22.4 Å². The molecular formula is C20H18N2O2Se. The summed E-state index contributed by atoms with van der Waals surface area (Å²) in [5, 5.41) is 3.83. The number of carbonyl (C=O) groups excluding carboxylic acids is 1. The van der Waals surface area contributed by atoms with E-state index in [0.29, 0.717) is 5.56 Å². The Hall–Kier alpha value is -2.62. The fourth-order valence-electron chi connectivity index (χ4n) is 2.28. The van der Waals surface area contributed by atoms with E-state index in [1.165, 1.54) is 5.56 Å². The van der Waals surface area contributed by atoms with E-state index in [9.17, 15) is 4.79 Å². The minimum absolute atomic E-state index is 0.0925. The molecule has 5 heteroatoms. The van der Waals surface area contributed by atoms with Crippen molar-refractivity contribution in [2.75, 3.05) is 12.4 Å². The van der Waals surface area contributed by atoms with E-state index in [4.69, 9.17) is 4.74 Å². The summed E-state index contributed by atoms with van der Waals surface area (Å²) >= 11 is 0.0925. The summed E-state index contributed by atoms with van der Waals surface area (Å²) in [7, 11) is 1.62. The van der Waals surface area contributed by atoms with Gasteiger partial charge < -0.3 is 0 Å². The summed E-state index contributed by atoms with van der Waals surface area (Å²) in [4.78, 5) is 17.1. The zero-order chi connectivity index (χ0) is 17.5. The summed E-state index contributed by atoms with van der Waals surface area (Å²) in [5.41, 5.74) is 2.63. The molecule has 3 rings (SSSR count). The van der Waals surface area contributed by atoms with Crippen molar-refractivity contribution in [2.45, 2.75) is 5.32 Å². The number of carbonyl (C=O) groups is 1. The first-order chi connectivity index (χ1) is 12.3. The molecule has 1 N–H and O–H groups in total. The molecule has 25 heavy (non-hydrogen) atoms. The number of nitrogens with zero attached hydrogens (tertiary/aromatic N) is 1. The molecule has 0 aliphatic heterocycles. The summed E-state index contributed by atoms with van der Waals surface area (Å²) < 4.78 is 6.00. The number of pyridine rings is 1. The van der Waals surface area contributed by atoms with Gasteiger partial charge in [-0.05, 0) is 0 Å². The monoisotopic (exact) mass is 398 g/mol. The van der Waals surface area contributed by atoms with Crippen LogP contribution in [0.3, 0.4) is 0 Å². The first kappa shape index (κ1) is 17.2. The average Bonchev–Trinajstić information content (AvgIpc) is 2.68. The van der Waals surface area contributed by atoms with Crippen molar-refractivity contribution in [1.29, 1.82) is 0 Å². The Balaban J connectivity index is 1.71. The van der Waals surface area contributed by atoms with E-state index < -0.39 is 0 Å². The molecule has 0 bridgehead atoms. The van der Waals surface area contributed by atoms with Crippen LogP contribution in [0.25, 0.3) is 0 Å². The molecule has 0 unspecified atom stereocenters. The maximum absolute atomic E-state index is 12.6. The topological polar surface area (TPSA) is 51.2 Å². The van der Waals surface area contributed by atoms with Crippen molar-refractivity contribution >= 4 is 31.1 Å². The summed E-state index contributed by atoms with van der Waals surface area (Å²) in [6.45, 7) is 0. The van der Waals surface area contributed by atoms with Gasteiger partial charge >= 0.3 is 153 Å². The molecule has 0 spiro atoms. The summed E-state index contributed by atoms with van der Waals surface area (Å²) in [6, 6.07) is 21.2. The molecule has 0 saturated carbocycles. The van der Waals surface area contributed by atoms with Crippen molar-refractivity contribution in [3.8, 4) is 5.75 Å². The van der Waals surface area contributed by atoms with Crippen LogP contribution < -0.4 is 14.6 Å². The third-order valence-electron chi connectivity index (χ3n) is 3.58. The fourth-order valence-corrected chi connectivity index (χ4v) is 4.27. The van der Waals surface area contributed by atoms with Crippen LogP contribution in [0, 0.1) is 0 Å². The van der Waals surface area contributed by atoms with Gasteiger partial charge in [-0.2, -0.15) is 0 Å². The normalized spacial score (nSPS) is 10.3. The van der Waals surface area contributed by atoms with Gasteiger partial charge in [-0.1, -0.05) is 0 Å². The maximum atomic E-state index is 12.6. The Morgan fingerprint density at radius 3 is 2.52 bits per heavy atom. The van der Waals surface area contributed by atoms with Crippen LogP contribution in [0.5, 0.6) is 5.75 Å². The Labute approximate surface area is 153 Å². The molecule has 0 atom stereocenters. The molecule has 1 heterocycles. The van der Waals surface area contributed by atoms with E-state index in [1.807, 2.05) is 48.5 Å². The van der Waals surface area contributed by atoms with Crippen molar-refractivity contribution in [1.82, 2.24) is 4.98 Å². The van der Waals surface area contributed by atoms with Crippen LogP contribution in [0.4, 0.5) is 5.69 Å². The molecule has 126 valence electrons. The predicted octanol–water partition coefficient (Wildman–Crippen LogP) is 2.87. The number of hydrogen-bond acceptors (Lipinski definition) is 3. The Kier molecular flexibility index (Phi) is 5.83. The number of rotatable bonds is 6. The van der Waals surface area contributed by atoms with Crippen molar-refractivity contribution < 1.29 is 9.53 Å². The van der Waals surface area contributed by atoms with E-state index >= 15 is 0 Å². The zero-order valence-electron chi connectivity index (χ0n) is 13.8. The van der Waals surface area contributed by atoms with Gasteiger partial charge in [-0.15, -0.1) is 0 Å². The van der Waals surface area contributed by atoms with Crippen LogP contribution in [-0.2, 0) is 5.32 Å². The zero-order valence-corrected chi connectivity index (χ0v) is 15.5. The van der Waals surface area contributed by atoms with Crippen LogP contribution in [0.15, 0.2) is 72.9 Å². The number of hydrogen-bond donors (Lipinski definition) is 1. The number of nitrogens with one attached hydrogen (secondary N) is 1. The molecule has 1 aromatic heterocycles. The quantitative estimate of drug-likeness (QED) is 0.651. The van der Waals surface area contributed by atoms with Crippen LogP contribution >= 0.6 is 0 Å². The van der Waals surface area contributed by atoms with Gasteiger partial charge in [0.05, 0.1) is 0 Å². The van der Waals surface area contributed by atoms with Gasteiger partial charge in [0.15, 0.2) is 0 Å². The third-order valence-corrected chi connectivity index (χ3v) is 5.84. The molecule has 3 aromatic rings. The van der Waals surface area contributed by atoms with Crippen LogP contribution in [-0.4, -0.2) is 33.0 Å². The van der Waals surface area contributed by atoms with Crippen LogP contribution in [0.1, 0.15) is 15.9 Å². The average molecular weight is 397 g/mol. The standard InChI is InChI=1S/C20H18N2O2Se/c1-24-17-11-9-16(10-12-17)22-19(23)18-8-5-13-21-20(18)25-14-15-6-3-2-4-7-15/h2-13H,14H2,1H3,(H,22,23). The van der Waals surface area contributed by atoms with Gasteiger partial charge in [-0.3, -0.25) is 0 Å². The van der Waals surface area contributed by atoms with Gasteiger partial charge in [0.25, 0.3) is 0 Å². The van der Waals surface area contributed by atoms with E-state index in [0.717, 1.165) is 21.3 Å². The van der Waals surface area contributed by atoms with Crippen molar-refractivity contribution in [2.24, 2.45) is 0 Å². The van der Waals surface area contributed by atoms with Gasteiger partial charge in [0.2, 0.25) is 0 Å². The number of aromatic nitrogens is 1.